The van der Waals surface area contributed by atoms with Crippen LogP contribution in [0.25, 0.3) is 0 Å². The van der Waals surface area contributed by atoms with Crippen LogP contribution in [0, 0.1) is 5.41 Å². The maximum absolute atomic E-state index is 13.0. The Balaban J connectivity index is 1.46. The van der Waals surface area contributed by atoms with Crippen LogP contribution in [-0.4, -0.2) is 55.3 Å². The Morgan fingerprint density at radius 2 is 1.89 bits per heavy atom. The lowest BCUT2D eigenvalue weighted by Gasteiger charge is -2.52. The Morgan fingerprint density at radius 3 is 2.59 bits per heavy atom. The third-order valence-electron chi connectivity index (χ3n) is 5.23. The summed E-state index contributed by atoms with van der Waals surface area (Å²) >= 11 is 0. The van der Waals surface area contributed by atoms with Crippen LogP contribution in [0.1, 0.15) is 33.6 Å². The van der Waals surface area contributed by atoms with E-state index in [0.29, 0.717) is 44.3 Å². The van der Waals surface area contributed by atoms with Crippen molar-refractivity contribution in [2.75, 3.05) is 37.7 Å². The van der Waals surface area contributed by atoms with E-state index in [4.69, 9.17) is 14.2 Å². The first-order chi connectivity index (χ1) is 12.8. The molecule has 0 N–H and O–H groups in total. The van der Waals surface area contributed by atoms with E-state index in [1.165, 1.54) is 0 Å². The van der Waals surface area contributed by atoms with Crippen LogP contribution in [0.5, 0.6) is 11.5 Å². The van der Waals surface area contributed by atoms with Gasteiger partial charge in [-0.25, -0.2) is 4.79 Å². The SMILES string of the molecule is CC(C)(C)OC(=O)N1CCC[C@@]2(C1)CN(c1ccc3c(c1)OCCO3)C2=O. The van der Waals surface area contributed by atoms with Crippen molar-refractivity contribution in [3.05, 3.63) is 18.2 Å². The zero-order valence-corrected chi connectivity index (χ0v) is 16.1. The molecule has 2 saturated heterocycles. The highest BCUT2D eigenvalue weighted by molar-refractivity contribution is 6.05. The van der Waals surface area contributed by atoms with Gasteiger partial charge in [0.15, 0.2) is 11.5 Å². The van der Waals surface area contributed by atoms with Crippen LogP contribution in [-0.2, 0) is 9.53 Å². The van der Waals surface area contributed by atoms with Gasteiger partial charge in [-0.05, 0) is 45.7 Å². The molecular weight excluding hydrogens is 348 g/mol. The summed E-state index contributed by atoms with van der Waals surface area (Å²) in [5, 5.41) is 0. The zero-order chi connectivity index (χ0) is 19.2. The molecule has 0 bridgehead atoms. The average Bonchev–Trinajstić information content (AvgIpc) is 2.64. The number of rotatable bonds is 1. The Kier molecular flexibility index (Phi) is 4.20. The first-order valence-electron chi connectivity index (χ1n) is 9.47. The minimum absolute atomic E-state index is 0.0624. The van der Waals surface area contributed by atoms with E-state index in [1.807, 2.05) is 39.0 Å². The van der Waals surface area contributed by atoms with Gasteiger partial charge in [0.05, 0.1) is 5.41 Å². The van der Waals surface area contributed by atoms with E-state index < -0.39 is 11.0 Å². The summed E-state index contributed by atoms with van der Waals surface area (Å²) in [4.78, 5) is 28.9. The standard InChI is InChI=1S/C20H26N2O5/c1-19(2,3)27-18(24)21-8-4-7-20(12-21)13-22(17(20)23)14-5-6-15-16(11-14)26-10-9-25-15/h5-6,11H,4,7-10,12-13H2,1-3H3/t20-/m1/s1. The summed E-state index contributed by atoms with van der Waals surface area (Å²) in [5.41, 5.74) is -0.227. The van der Waals surface area contributed by atoms with Crippen molar-refractivity contribution in [2.45, 2.75) is 39.2 Å². The molecule has 0 aliphatic carbocycles. The molecule has 1 aromatic rings. The minimum atomic E-state index is -0.539. The number of carbonyl (C=O) groups is 2. The van der Waals surface area contributed by atoms with Gasteiger partial charge < -0.3 is 24.0 Å². The molecule has 2 fully saturated rings. The molecule has 1 aromatic carbocycles. The van der Waals surface area contributed by atoms with Crippen LogP contribution in [0.2, 0.25) is 0 Å². The molecule has 0 unspecified atom stereocenters. The summed E-state index contributed by atoms with van der Waals surface area (Å²) in [7, 11) is 0. The molecule has 7 heteroatoms. The van der Waals surface area contributed by atoms with Crippen molar-refractivity contribution in [3.8, 4) is 11.5 Å². The van der Waals surface area contributed by atoms with Crippen molar-refractivity contribution < 1.29 is 23.8 Å². The highest BCUT2D eigenvalue weighted by atomic mass is 16.6. The van der Waals surface area contributed by atoms with Crippen molar-refractivity contribution in [1.29, 1.82) is 0 Å². The lowest BCUT2D eigenvalue weighted by molar-refractivity contribution is -0.138. The number of amides is 2. The molecule has 1 spiro atoms. The number of likely N-dealkylation sites (tertiary alicyclic amines) is 1. The smallest absolute Gasteiger partial charge is 0.410 e. The first-order valence-corrected chi connectivity index (χ1v) is 9.47. The van der Waals surface area contributed by atoms with Crippen molar-refractivity contribution >= 4 is 17.7 Å². The van der Waals surface area contributed by atoms with Gasteiger partial charge in [-0.2, -0.15) is 0 Å². The average molecular weight is 374 g/mol. The number of piperidine rings is 1. The molecule has 0 saturated carbocycles. The highest BCUT2D eigenvalue weighted by Crippen LogP contribution is 2.44. The molecule has 3 aliphatic heterocycles. The number of carbonyl (C=O) groups excluding carboxylic acids is 2. The molecule has 3 heterocycles. The lowest BCUT2D eigenvalue weighted by Crippen LogP contribution is -2.68. The maximum Gasteiger partial charge on any atom is 0.410 e. The number of anilines is 1. The van der Waals surface area contributed by atoms with Crippen molar-refractivity contribution in [1.82, 2.24) is 4.90 Å². The van der Waals surface area contributed by atoms with Gasteiger partial charge in [0, 0.05) is 31.4 Å². The number of β-lactam (4-membered cyclic amide) rings is 1. The third kappa shape index (κ3) is 3.31. The zero-order valence-electron chi connectivity index (χ0n) is 16.1. The summed E-state index contributed by atoms with van der Waals surface area (Å²) in [5.74, 6) is 1.44. The fourth-order valence-corrected chi connectivity index (χ4v) is 3.96. The van der Waals surface area contributed by atoms with Crippen LogP contribution in [0.3, 0.4) is 0 Å². The number of fused-ring (bicyclic) bond motifs is 1. The largest absolute Gasteiger partial charge is 0.486 e. The molecule has 2 amide bonds. The minimum Gasteiger partial charge on any atom is -0.486 e. The topological polar surface area (TPSA) is 68.3 Å². The van der Waals surface area contributed by atoms with Gasteiger partial charge >= 0.3 is 6.09 Å². The van der Waals surface area contributed by atoms with Crippen molar-refractivity contribution in [3.63, 3.8) is 0 Å². The maximum atomic E-state index is 13.0. The summed E-state index contributed by atoms with van der Waals surface area (Å²) in [6.07, 6.45) is 1.26. The monoisotopic (exact) mass is 374 g/mol. The number of nitrogens with zero attached hydrogens (tertiary/aromatic N) is 2. The quantitative estimate of drug-likeness (QED) is 0.707. The predicted octanol–water partition coefficient (Wildman–Crippen LogP) is 2.82. The third-order valence-corrected chi connectivity index (χ3v) is 5.23. The second-order valence-electron chi connectivity index (χ2n) is 8.51. The second-order valence-corrected chi connectivity index (χ2v) is 8.51. The van der Waals surface area contributed by atoms with E-state index in [-0.39, 0.29) is 12.0 Å². The second kappa shape index (κ2) is 6.32. The molecule has 0 aromatic heterocycles. The Labute approximate surface area is 159 Å². The molecule has 3 aliphatic rings. The number of hydrogen-bond donors (Lipinski definition) is 0. The molecule has 146 valence electrons. The van der Waals surface area contributed by atoms with Crippen LogP contribution in [0.15, 0.2) is 18.2 Å². The predicted molar refractivity (Wildman–Crippen MR) is 99.3 cm³/mol. The summed E-state index contributed by atoms with van der Waals surface area (Å²) < 4.78 is 16.6. The lowest BCUT2D eigenvalue weighted by atomic mass is 9.72. The number of benzene rings is 1. The van der Waals surface area contributed by atoms with Crippen LogP contribution < -0.4 is 14.4 Å². The van der Waals surface area contributed by atoms with Crippen LogP contribution in [0.4, 0.5) is 10.5 Å². The van der Waals surface area contributed by atoms with E-state index in [9.17, 15) is 9.59 Å². The molecular formula is C20H26N2O5. The van der Waals surface area contributed by atoms with Crippen molar-refractivity contribution in [2.24, 2.45) is 5.41 Å². The molecule has 0 radical (unpaired) electrons. The van der Waals surface area contributed by atoms with Gasteiger partial charge in [0.2, 0.25) is 5.91 Å². The van der Waals surface area contributed by atoms with E-state index in [1.54, 1.807) is 9.80 Å². The van der Waals surface area contributed by atoms with Crippen LogP contribution >= 0.6 is 0 Å². The fraction of sp³-hybridized carbons (Fsp3) is 0.600. The first kappa shape index (κ1) is 17.9. The van der Waals surface area contributed by atoms with Gasteiger partial charge in [-0.15, -0.1) is 0 Å². The van der Waals surface area contributed by atoms with Gasteiger partial charge in [-0.3, -0.25) is 4.79 Å². The fourth-order valence-electron chi connectivity index (χ4n) is 3.96. The molecule has 27 heavy (non-hydrogen) atoms. The summed E-state index contributed by atoms with van der Waals surface area (Å²) in [6, 6.07) is 5.58. The summed E-state index contributed by atoms with van der Waals surface area (Å²) in [6.45, 7) is 8.26. The molecule has 1 atom stereocenters. The number of hydrogen-bond acceptors (Lipinski definition) is 5. The highest BCUT2D eigenvalue weighted by Gasteiger charge is 2.55. The molecule has 4 rings (SSSR count). The molecule has 7 nitrogen and oxygen atoms in total. The Morgan fingerprint density at radius 1 is 1.15 bits per heavy atom. The normalized spacial score (nSPS) is 24.6. The van der Waals surface area contributed by atoms with E-state index in [0.717, 1.165) is 18.5 Å². The van der Waals surface area contributed by atoms with Gasteiger partial charge in [0.25, 0.3) is 0 Å². The Bertz CT molecular complexity index is 772. The van der Waals surface area contributed by atoms with E-state index in [2.05, 4.69) is 0 Å². The number of ether oxygens (including phenoxy) is 3. The van der Waals surface area contributed by atoms with Gasteiger partial charge in [-0.1, -0.05) is 0 Å². The van der Waals surface area contributed by atoms with Gasteiger partial charge in [0.1, 0.15) is 18.8 Å². The Hall–Kier alpha value is -2.44. The van der Waals surface area contributed by atoms with E-state index >= 15 is 0 Å².